The van der Waals surface area contributed by atoms with Gasteiger partial charge in [-0.3, -0.25) is 19.9 Å². The predicted octanol–water partition coefficient (Wildman–Crippen LogP) is 2.93. The van der Waals surface area contributed by atoms with Crippen molar-refractivity contribution in [1.29, 1.82) is 5.26 Å². The van der Waals surface area contributed by atoms with Crippen LogP contribution in [0.3, 0.4) is 0 Å². The van der Waals surface area contributed by atoms with Crippen LogP contribution in [0.25, 0.3) is 0 Å². The second kappa shape index (κ2) is 13.1. The van der Waals surface area contributed by atoms with Crippen molar-refractivity contribution in [3.8, 4) is 11.9 Å². The van der Waals surface area contributed by atoms with E-state index in [1.165, 1.54) is 6.20 Å². The summed E-state index contributed by atoms with van der Waals surface area (Å²) in [5, 5.41) is 13.1. The van der Waals surface area contributed by atoms with Crippen LogP contribution in [0.2, 0.25) is 0 Å². The number of rotatable bonds is 7. The third kappa shape index (κ3) is 6.58. The number of carbonyl (C=O) groups is 2. The Morgan fingerprint density at radius 3 is 2.90 bits per heavy atom. The van der Waals surface area contributed by atoms with Crippen LogP contribution in [-0.4, -0.2) is 96.8 Å². The van der Waals surface area contributed by atoms with E-state index < -0.39 is 0 Å². The van der Waals surface area contributed by atoms with Crippen molar-refractivity contribution < 1.29 is 19.1 Å². The molecule has 0 bridgehead atoms. The molecule has 0 saturated carbocycles. The van der Waals surface area contributed by atoms with Crippen LogP contribution >= 0.6 is 11.8 Å². The molecule has 2 atom stereocenters. The lowest BCUT2D eigenvalue weighted by atomic mass is 9.92. The van der Waals surface area contributed by atoms with Gasteiger partial charge in [-0.05, 0) is 68.2 Å². The first-order valence-corrected chi connectivity index (χ1v) is 15.3. The molecular weight excluding hydrogens is 542 g/mol. The monoisotopic (exact) mass is 579 g/mol. The molecule has 3 aliphatic heterocycles. The number of ether oxygens (including phenoxy) is 2. The first kappa shape index (κ1) is 29.1. The summed E-state index contributed by atoms with van der Waals surface area (Å²) in [4.78, 5) is 40.6. The highest BCUT2D eigenvalue weighted by molar-refractivity contribution is 7.99. The molecule has 2 saturated heterocycles. The van der Waals surface area contributed by atoms with Crippen LogP contribution in [-0.2, 0) is 28.9 Å². The van der Waals surface area contributed by atoms with Gasteiger partial charge in [0, 0.05) is 43.3 Å². The van der Waals surface area contributed by atoms with E-state index in [4.69, 9.17) is 14.5 Å². The Morgan fingerprint density at radius 1 is 1.29 bits per heavy atom. The van der Waals surface area contributed by atoms with Crippen molar-refractivity contribution >= 4 is 35.3 Å². The van der Waals surface area contributed by atoms with Crippen LogP contribution < -0.4 is 15.0 Å². The number of pyridine rings is 2. The Bertz CT molecular complexity index is 1330. The van der Waals surface area contributed by atoms with E-state index in [1.807, 2.05) is 34.7 Å². The Hall–Kier alpha value is -3.40. The highest BCUT2D eigenvalue weighted by Gasteiger charge is 2.30. The number of amides is 3. The summed E-state index contributed by atoms with van der Waals surface area (Å²) in [6.07, 6.45) is 6.87. The minimum atomic E-state index is -0.339. The number of nitrogens with one attached hydrogen (secondary N) is 1. The van der Waals surface area contributed by atoms with Crippen LogP contribution in [0.5, 0.6) is 5.88 Å². The molecule has 3 aliphatic rings. The van der Waals surface area contributed by atoms with Crippen molar-refractivity contribution in [2.45, 2.75) is 37.5 Å². The maximum atomic E-state index is 13.5. The van der Waals surface area contributed by atoms with Gasteiger partial charge in [-0.1, -0.05) is 0 Å². The van der Waals surface area contributed by atoms with Crippen LogP contribution in [0, 0.1) is 17.2 Å². The minimum absolute atomic E-state index is 0.0776. The summed E-state index contributed by atoms with van der Waals surface area (Å²) in [7, 11) is 3.50. The van der Waals surface area contributed by atoms with Gasteiger partial charge in [0.1, 0.15) is 17.7 Å². The van der Waals surface area contributed by atoms with Crippen LogP contribution in [0.4, 0.5) is 16.4 Å². The van der Waals surface area contributed by atoms with Crippen LogP contribution in [0.15, 0.2) is 18.3 Å². The Morgan fingerprint density at radius 2 is 2.15 bits per heavy atom. The van der Waals surface area contributed by atoms with Gasteiger partial charge in [-0.25, -0.2) is 9.78 Å². The number of nitriles is 1. The molecule has 0 aromatic carbocycles. The number of hydrogen-bond donors (Lipinski definition) is 1. The minimum Gasteiger partial charge on any atom is -0.481 e. The van der Waals surface area contributed by atoms with E-state index in [1.54, 1.807) is 18.1 Å². The zero-order chi connectivity index (χ0) is 28.9. The number of fused-ring (bicyclic) bond motifs is 1. The summed E-state index contributed by atoms with van der Waals surface area (Å²) >= 11 is 1.83. The summed E-state index contributed by atoms with van der Waals surface area (Å²) in [6.45, 7) is 4.20. The number of thioether (sulfide) groups is 1. The fourth-order valence-electron chi connectivity index (χ4n) is 5.79. The topological polar surface area (TPSA) is 124 Å². The summed E-state index contributed by atoms with van der Waals surface area (Å²) in [5.41, 5.74) is 3.14. The SMILES string of the molecule is COc1nc2c(cc1CN1CCN(C)CC1=O)CCCN2C(=O)Nc1cc(CC2COCCC2SC)c(C#N)cn1. The molecule has 41 heavy (non-hydrogen) atoms. The van der Waals surface area contributed by atoms with E-state index in [2.05, 4.69) is 22.6 Å². The summed E-state index contributed by atoms with van der Waals surface area (Å²) in [5.74, 6) is 1.72. The molecular formula is C29H37N7O4S. The highest BCUT2D eigenvalue weighted by atomic mass is 32.2. The lowest BCUT2D eigenvalue weighted by Crippen LogP contribution is -2.48. The van der Waals surface area contributed by atoms with Gasteiger partial charge in [-0.2, -0.15) is 22.0 Å². The third-order valence-electron chi connectivity index (χ3n) is 8.04. The van der Waals surface area contributed by atoms with E-state index in [0.29, 0.717) is 67.5 Å². The average Bonchev–Trinajstić information content (AvgIpc) is 2.98. The molecule has 5 rings (SSSR count). The number of nitrogens with zero attached hydrogens (tertiary/aromatic N) is 6. The molecule has 2 aromatic rings. The molecule has 2 unspecified atom stereocenters. The number of likely N-dealkylation sites (N-methyl/N-ethyl adjacent to an activating group) is 1. The average molecular weight is 580 g/mol. The summed E-state index contributed by atoms with van der Waals surface area (Å²) < 4.78 is 11.3. The molecule has 2 fully saturated rings. The lowest BCUT2D eigenvalue weighted by Gasteiger charge is -2.33. The molecule has 1 N–H and O–H groups in total. The van der Waals surface area contributed by atoms with Gasteiger partial charge < -0.3 is 14.4 Å². The van der Waals surface area contributed by atoms with E-state index in [0.717, 1.165) is 49.1 Å². The molecule has 12 heteroatoms. The number of methoxy groups -OCH3 is 1. The lowest BCUT2D eigenvalue weighted by molar-refractivity contribution is -0.136. The maximum absolute atomic E-state index is 13.5. The van der Waals surface area contributed by atoms with Crippen LogP contribution in [0.1, 0.15) is 35.1 Å². The van der Waals surface area contributed by atoms with Gasteiger partial charge in [0.25, 0.3) is 0 Å². The van der Waals surface area contributed by atoms with Gasteiger partial charge in [0.2, 0.25) is 11.8 Å². The van der Waals surface area contributed by atoms with Gasteiger partial charge in [0.15, 0.2) is 0 Å². The first-order chi connectivity index (χ1) is 19.9. The van der Waals surface area contributed by atoms with E-state index >= 15 is 0 Å². The Balaban J connectivity index is 1.33. The molecule has 0 aliphatic carbocycles. The number of aromatic nitrogens is 2. The fourth-order valence-corrected chi connectivity index (χ4v) is 6.68. The normalized spacial score (nSPS) is 21.3. The number of anilines is 2. The molecule has 5 heterocycles. The Labute approximate surface area is 245 Å². The number of carbonyl (C=O) groups excluding carboxylic acids is 2. The molecule has 0 spiro atoms. The molecule has 3 amide bonds. The number of urea groups is 1. The van der Waals surface area contributed by atoms with E-state index in [9.17, 15) is 14.9 Å². The molecule has 11 nitrogen and oxygen atoms in total. The zero-order valence-electron chi connectivity index (χ0n) is 23.9. The van der Waals surface area contributed by atoms with Gasteiger partial charge >= 0.3 is 6.03 Å². The molecule has 0 radical (unpaired) electrons. The van der Waals surface area contributed by atoms with Crippen molar-refractivity contribution in [3.05, 3.63) is 40.6 Å². The van der Waals surface area contributed by atoms with Crippen molar-refractivity contribution in [1.82, 2.24) is 19.8 Å². The second-order valence-corrected chi connectivity index (χ2v) is 11.9. The maximum Gasteiger partial charge on any atom is 0.328 e. The highest BCUT2D eigenvalue weighted by Crippen LogP contribution is 2.33. The van der Waals surface area contributed by atoms with E-state index in [-0.39, 0.29) is 17.9 Å². The van der Waals surface area contributed by atoms with Crippen molar-refractivity contribution in [2.24, 2.45) is 5.92 Å². The quantitative estimate of drug-likeness (QED) is 0.527. The first-order valence-electron chi connectivity index (χ1n) is 14.0. The molecule has 2 aromatic heterocycles. The van der Waals surface area contributed by atoms with Gasteiger partial charge in [0.05, 0.1) is 32.4 Å². The Kier molecular flexibility index (Phi) is 9.27. The smallest absolute Gasteiger partial charge is 0.328 e. The summed E-state index contributed by atoms with van der Waals surface area (Å²) in [6, 6.07) is 5.72. The number of hydrogen-bond acceptors (Lipinski definition) is 9. The van der Waals surface area contributed by atoms with Gasteiger partial charge in [-0.15, -0.1) is 0 Å². The zero-order valence-corrected chi connectivity index (χ0v) is 24.7. The second-order valence-electron chi connectivity index (χ2n) is 10.8. The molecule has 218 valence electrons. The van der Waals surface area contributed by atoms with Crippen molar-refractivity contribution in [3.63, 3.8) is 0 Å². The fraction of sp³-hybridized carbons (Fsp3) is 0.552. The number of piperazine rings is 1. The third-order valence-corrected chi connectivity index (χ3v) is 9.27. The standard InChI is InChI=1S/C29H37N7O4S/c1-34-8-9-35(26(37)17-34)16-21-11-19-5-4-7-36(27(19)33-28(21)39-2)29(38)32-25-13-20(23(14-30)15-31-25)12-22-18-40-10-6-24(22)41-3/h11,13,15,22,24H,4-10,12,16-18H2,1-3H3,(H,31,32,38). The predicted molar refractivity (Wildman–Crippen MR) is 157 cm³/mol. The largest absolute Gasteiger partial charge is 0.481 e. The van der Waals surface area contributed by atoms with Crippen molar-refractivity contribution in [2.75, 3.05) is 70.0 Å². The number of aryl methyl sites for hydroxylation is 1.